The molecule has 2 aromatic carbocycles. The third-order valence-corrected chi connectivity index (χ3v) is 10.2. The lowest BCUT2D eigenvalue weighted by Crippen LogP contribution is -2.69. The van der Waals surface area contributed by atoms with Gasteiger partial charge in [0, 0.05) is 34.6 Å². The first-order valence-corrected chi connectivity index (χ1v) is 14.5. The molecule has 4 fully saturated rings. The molecule has 3 aromatic rings. The molecule has 38 heavy (non-hydrogen) atoms. The number of carbonyl (C=O) groups excluding carboxylic acids is 2. The lowest BCUT2D eigenvalue weighted by molar-refractivity contribution is -0.132. The number of amides is 2. The number of hydrogen-bond acceptors (Lipinski definition) is 4. The Morgan fingerprint density at radius 2 is 1.68 bits per heavy atom. The van der Waals surface area contributed by atoms with E-state index in [1.54, 1.807) is 17.4 Å². The normalized spacial score (nSPS) is 28.9. The van der Waals surface area contributed by atoms with Crippen LogP contribution in [0.3, 0.4) is 0 Å². The third kappa shape index (κ3) is 4.35. The smallest absolute Gasteiger partial charge is 0.251 e. The molecule has 2 heterocycles. The number of benzene rings is 2. The molecule has 196 valence electrons. The van der Waals surface area contributed by atoms with E-state index >= 15 is 0 Å². The van der Waals surface area contributed by atoms with Gasteiger partial charge in [0.1, 0.15) is 5.82 Å². The van der Waals surface area contributed by atoms with E-state index in [0.29, 0.717) is 30.5 Å². The van der Waals surface area contributed by atoms with Gasteiger partial charge in [0.15, 0.2) is 0 Å². The Kier molecular flexibility index (Phi) is 5.71. The maximum absolute atomic E-state index is 13.6. The summed E-state index contributed by atoms with van der Waals surface area (Å²) in [6, 6.07) is 16.8. The van der Waals surface area contributed by atoms with Crippen LogP contribution in [-0.4, -0.2) is 34.3 Å². The standard InChI is InChI=1S/C31H32FN3O2S/c32-26-8-7-24-17-35(18-25(24)11-26)28(36)16-33-30-12-20-10-21(13-30)15-31(14-20,19-30)34-29(37)23-5-3-22(4-6-23)27-2-1-9-38-27/h1-9,11,20-21,33H,10,12-19H2,(H,34,37)/t20-,21+,30?,31?. The maximum Gasteiger partial charge on any atom is 0.251 e. The first-order valence-electron chi connectivity index (χ1n) is 13.6. The Labute approximate surface area is 226 Å². The van der Waals surface area contributed by atoms with E-state index in [4.69, 9.17) is 0 Å². The van der Waals surface area contributed by atoms with Crippen molar-refractivity contribution < 1.29 is 14.0 Å². The zero-order valence-corrected chi connectivity index (χ0v) is 22.2. The van der Waals surface area contributed by atoms with Crippen molar-refractivity contribution in [2.75, 3.05) is 6.54 Å². The van der Waals surface area contributed by atoms with Crippen LogP contribution in [0.25, 0.3) is 10.4 Å². The molecule has 4 saturated carbocycles. The monoisotopic (exact) mass is 529 g/mol. The summed E-state index contributed by atoms with van der Waals surface area (Å²) < 4.78 is 13.6. The highest BCUT2D eigenvalue weighted by atomic mass is 32.1. The minimum atomic E-state index is -0.254. The Morgan fingerprint density at radius 3 is 2.42 bits per heavy atom. The quantitative estimate of drug-likeness (QED) is 0.443. The van der Waals surface area contributed by atoms with Crippen molar-refractivity contribution in [2.45, 2.75) is 62.7 Å². The van der Waals surface area contributed by atoms with E-state index in [2.05, 4.69) is 22.1 Å². The average Bonchev–Trinajstić information content (AvgIpc) is 3.57. The molecule has 2 N–H and O–H groups in total. The zero-order valence-electron chi connectivity index (χ0n) is 21.3. The summed E-state index contributed by atoms with van der Waals surface area (Å²) >= 11 is 1.70. The van der Waals surface area contributed by atoms with Gasteiger partial charge in [-0.25, -0.2) is 4.39 Å². The Morgan fingerprint density at radius 1 is 0.947 bits per heavy atom. The van der Waals surface area contributed by atoms with Crippen LogP contribution in [0.4, 0.5) is 4.39 Å². The van der Waals surface area contributed by atoms with Gasteiger partial charge in [-0.15, -0.1) is 11.3 Å². The van der Waals surface area contributed by atoms with Crippen LogP contribution in [0.1, 0.15) is 60.0 Å². The second-order valence-corrected chi connectivity index (χ2v) is 13.0. The highest BCUT2D eigenvalue weighted by Crippen LogP contribution is 2.57. The largest absolute Gasteiger partial charge is 0.347 e. The number of nitrogens with one attached hydrogen (secondary N) is 2. The summed E-state index contributed by atoms with van der Waals surface area (Å²) in [5.74, 6) is 0.938. The summed E-state index contributed by atoms with van der Waals surface area (Å²) in [7, 11) is 0. The second-order valence-electron chi connectivity index (χ2n) is 12.0. The van der Waals surface area contributed by atoms with Crippen molar-refractivity contribution in [3.05, 3.63) is 82.5 Å². The molecule has 8 rings (SSSR count). The molecular formula is C31H32FN3O2S. The summed E-state index contributed by atoms with van der Waals surface area (Å²) in [6.45, 7) is 1.29. The van der Waals surface area contributed by atoms with Crippen LogP contribution in [0.5, 0.6) is 0 Å². The predicted octanol–water partition coefficient (Wildman–Crippen LogP) is 5.51. The predicted molar refractivity (Wildman–Crippen MR) is 146 cm³/mol. The van der Waals surface area contributed by atoms with Crippen LogP contribution < -0.4 is 10.6 Å². The van der Waals surface area contributed by atoms with Gasteiger partial charge in [-0.1, -0.05) is 24.3 Å². The molecule has 7 heteroatoms. The summed E-state index contributed by atoms with van der Waals surface area (Å²) in [4.78, 5) is 29.5. The molecule has 4 aliphatic carbocycles. The minimum Gasteiger partial charge on any atom is -0.347 e. The molecule has 5 nitrogen and oxygen atoms in total. The van der Waals surface area contributed by atoms with E-state index in [9.17, 15) is 14.0 Å². The third-order valence-electron chi connectivity index (χ3n) is 9.25. The average molecular weight is 530 g/mol. The van der Waals surface area contributed by atoms with Crippen molar-refractivity contribution in [2.24, 2.45) is 11.8 Å². The van der Waals surface area contributed by atoms with Crippen LogP contribution in [-0.2, 0) is 17.9 Å². The second kappa shape index (κ2) is 9.02. The van der Waals surface area contributed by atoms with Crippen LogP contribution in [0, 0.1) is 17.7 Å². The number of hydrogen-bond donors (Lipinski definition) is 2. The fourth-order valence-corrected chi connectivity index (χ4v) is 8.80. The first-order chi connectivity index (χ1) is 18.4. The lowest BCUT2D eigenvalue weighted by Gasteiger charge is -2.62. The van der Waals surface area contributed by atoms with E-state index in [1.165, 1.54) is 23.4 Å². The maximum atomic E-state index is 13.6. The van der Waals surface area contributed by atoms with Crippen molar-refractivity contribution in [1.82, 2.24) is 15.5 Å². The number of fused-ring (bicyclic) bond motifs is 1. The first kappa shape index (κ1) is 24.0. The molecule has 0 saturated heterocycles. The molecule has 5 aliphatic rings. The van der Waals surface area contributed by atoms with E-state index in [-0.39, 0.29) is 35.3 Å². The molecule has 1 aliphatic heterocycles. The lowest BCUT2D eigenvalue weighted by atomic mass is 9.50. The van der Waals surface area contributed by atoms with Gasteiger partial charge in [0.25, 0.3) is 5.91 Å². The van der Waals surface area contributed by atoms with E-state index in [1.807, 2.05) is 35.2 Å². The van der Waals surface area contributed by atoms with E-state index in [0.717, 1.165) is 48.8 Å². The summed E-state index contributed by atoms with van der Waals surface area (Å²) in [5, 5.41) is 9.22. The van der Waals surface area contributed by atoms with Gasteiger partial charge >= 0.3 is 0 Å². The molecule has 4 atom stereocenters. The van der Waals surface area contributed by atoms with Crippen molar-refractivity contribution in [3.8, 4) is 10.4 Å². The number of halogens is 1. The Hall–Kier alpha value is -3.03. The highest BCUT2D eigenvalue weighted by molar-refractivity contribution is 7.13. The van der Waals surface area contributed by atoms with Crippen molar-refractivity contribution in [1.29, 1.82) is 0 Å². The van der Waals surface area contributed by atoms with Crippen LogP contribution >= 0.6 is 11.3 Å². The van der Waals surface area contributed by atoms with Gasteiger partial charge in [0.05, 0.1) is 6.54 Å². The number of rotatable bonds is 6. The molecular weight excluding hydrogens is 497 g/mol. The van der Waals surface area contributed by atoms with Gasteiger partial charge in [-0.3, -0.25) is 9.59 Å². The number of carbonyl (C=O) groups is 2. The van der Waals surface area contributed by atoms with Crippen LogP contribution in [0.2, 0.25) is 0 Å². The number of nitrogens with zero attached hydrogens (tertiary/aromatic N) is 1. The van der Waals surface area contributed by atoms with Crippen LogP contribution in [0.15, 0.2) is 60.0 Å². The fourth-order valence-electron chi connectivity index (χ4n) is 8.07. The Balaban J connectivity index is 1.02. The van der Waals surface area contributed by atoms with Gasteiger partial charge in [0.2, 0.25) is 5.91 Å². The van der Waals surface area contributed by atoms with Crippen molar-refractivity contribution in [3.63, 3.8) is 0 Å². The molecule has 1 aromatic heterocycles. The molecule has 2 unspecified atom stereocenters. The molecule has 4 bridgehead atoms. The molecule has 0 spiro atoms. The zero-order chi connectivity index (χ0) is 25.9. The Bertz CT molecular complexity index is 1370. The van der Waals surface area contributed by atoms with E-state index < -0.39 is 0 Å². The fraction of sp³-hybridized carbons (Fsp3) is 0.419. The highest BCUT2D eigenvalue weighted by Gasteiger charge is 2.58. The van der Waals surface area contributed by atoms with Gasteiger partial charge in [-0.2, -0.15) is 0 Å². The summed E-state index contributed by atoms with van der Waals surface area (Å²) in [5.41, 5.74) is 3.42. The minimum absolute atomic E-state index is 0.00188. The van der Waals surface area contributed by atoms with Crippen molar-refractivity contribution >= 4 is 23.2 Å². The number of thiophene rings is 1. The topological polar surface area (TPSA) is 61.4 Å². The SMILES string of the molecule is O=C(NC12C[C@@H]3C[C@@H](CC(NCC(=O)N4Cc5ccc(F)cc5C4)(C3)C1)C2)c1ccc(-c2cccs2)cc1. The van der Waals surface area contributed by atoms with Gasteiger partial charge < -0.3 is 15.5 Å². The molecule has 2 amide bonds. The van der Waals surface area contributed by atoms with Gasteiger partial charge in [-0.05, 0) is 103 Å². The molecule has 0 radical (unpaired) electrons. The summed E-state index contributed by atoms with van der Waals surface area (Å²) in [6.07, 6.45) is 6.26.